The van der Waals surface area contributed by atoms with Crippen LogP contribution in [-0.2, 0) is 14.4 Å². The van der Waals surface area contributed by atoms with Crippen LogP contribution in [-0.4, -0.2) is 74.8 Å². The normalized spacial score (nSPS) is 20.1. The third-order valence-electron chi connectivity index (χ3n) is 5.25. The fraction of sp³-hybridized carbons (Fsp3) is 0.773. The smallest absolute Gasteiger partial charge is 0.352 e. The van der Waals surface area contributed by atoms with E-state index in [-0.39, 0.29) is 34.9 Å². The molecule has 1 unspecified atom stereocenters. The second kappa shape index (κ2) is 14.5. The Hall–Kier alpha value is -1.58. The number of aliphatic hydroxyl groups is 1. The first-order valence-electron chi connectivity index (χ1n) is 11.3. The minimum absolute atomic E-state index is 0.145. The molecule has 2 amide bonds. The number of aliphatic hydroxyl groups excluding tert-OH is 1. The number of carboxylic acid groups (broad SMARTS) is 1. The van der Waals surface area contributed by atoms with E-state index >= 15 is 0 Å². The number of β-lactam (4-membered cyclic amide) rings is 1. The van der Waals surface area contributed by atoms with Crippen molar-refractivity contribution in [3.63, 3.8) is 0 Å². The maximum atomic E-state index is 11.4. The van der Waals surface area contributed by atoms with Crippen LogP contribution in [0.25, 0.3) is 0 Å². The van der Waals surface area contributed by atoms with Crippen molar-refractivity contribution < 1.29 is 24.6 Å². The van der Waals surface area contributed by atoms with Gasteiger partial charge in [0.05, 0.1) is 18.4 Å². The highest BCUT2D eigenvalue weighted by Crippen LogP contribution is 2.42. The SMILES string of the molecule is CC(=O)NC1S[C@@H]2CC(=O)N2C(C(=O)O)=C1CO.CCCCN(CCCC)CCCC. The third-order valence-corrected chi connectivity index (χ3v) is 6.62. The number of rotatable bonds is 12. The van der Waals surface area contributed by atoms with Crippen LogP contribution >= 0.6 is 11.8 Å². The molecule has 0 aliphatic carbocycles. The number of fused-ring (bicyclic) bond motifs is 1. The van der Waals surface area contributed by atoms with Crippen molar-refractivity contribution in [3.8, 4) is 0 Å². The van der Waals surface area contributed by atoms with Crippen molar-refractivity contribution in [2.45, 2.75) is 83.4 Å². The fourth-order valence-corrected chi connectivity index (χ4v) is 4.95. The van der Waals surface area contributed by atoms with Gasteiger partial charge in [0.2, 0.25) is 11.8 Å². The first-order valence-corrected chi connectivity index (χ1v) is 12.3. The summed E-state index contributed by atoms with van der Waals surface area (Å²) < 4.78 is 0. The summed E-state index contributed by atoms with van der Waals surface area (Å²) in [6.45, 7) is 11.6. The number of carbonyl (C=O) groups is 3. The molecule has 178 valence electrons. The number of nitrogens with one attached hydrogen (secondary N) is 1. The number of carbonyl (C=O) groups excluding carboxylic acids is 2. The molecule has 1 saturated heterocycles. The van der Waals surface area contributed by atoms with Crippen LogP contribution in [0.2, 0.25) is 0 Å². The van der Waals surface area contributed by atoms with Crippen molar-refractivity contribution in [2.24, 2.45) is 0 Å². The number of carboxylic acids is 1. The van der Waals surface area contributed by atoms with Gasteiger partial charge in [-0.15, -0.1) is 11.8 Å². The molecule has 0 aromatic rings. The zero-order chi connectivity index (χ0) is 23.4. The van der Waals surface area contributed by atoms with Crippen molar-refractivity contribution in [1.29, 1.82) is 0 Å². The van der Waals surface area contributed by atoms with Crippen molar-refractivity contribution in [2.75, 3.05) is 26.2 Å². The number of aliphatic carboxylic acids is 1. The Kier molecular flexibility index (Phi) is 12.8. The lowest BCUT2D eigenvalue weighted by Gasteiger charge is -2.46. The Balaban J connectivity index is 0.000000330. The third kappa shape index (κ3) is 8.46. The van der Waals surface area contributed by atoms with E-state index in [9.17, 15) is 19.5 Å². The predicted molar refractivity (Wildman–Crippen MR) is 123 cm³/mol. The van der Waals surface area contributed by atoms with Gasteiger partial charge in [-0.2, -0.15) is 0 Å². The van der Waals surface area contributed by atoms with Crippen LogP contribution < -0.4 is 5.32 Å². The molecule has 0 spiro atoms. The highest BCUT2D eigenvalue weighted by molar-refractivity contribution is 8.00. The molecule has 2 aliphatic rings. The molecular weight excluding hydrogens is 418 g/mol. The average Bonchev–Trinajstić information content (AvgIpc) is 2.72. The lowest BCUT2D eigenvalue weighted by atomic mass is 10.1. The largest absolute Gasteiger partial charge is 0.477 e. The molecular formula is C22H39N3O5S. The molecule has 9 heteroatoms. The van der Waals surface area contributed by atoms with E-state index in [2.05, 4.69) is 31.0 Å². The summed E-state index contributed by atoms with van der Waals surface area (Å²) in [5.74, 6) is -1.87. The molecule has 0 saturated carbocycles. The van der Waals surface area contributed by atoms with Crippen molar-refractivity contribution >= 4 is 29.5 Å². The van der Waals surface area contributed by atoms with Gasteiger partial charge in [0.15, 0.2) is 0 Å². The van der Waals surface area contributed by atoms with Crippen LogP contribution in [0.4, 0.5) is 0 Å². The molecule has 0 radical (unpaired) electrons. The Bertz CT molecular complexity index is 622. The van der Waals surface area contributed by atoms with Crippen molar-refractivity contribution in [1.82, 2.24) is 15.1 Å². The van der Waals surface area contributed by atoms with Crippen LogP contribution in [0.5, 0.6) is 0 Å². The zero-order valence-electron chi connectivity index (χ0n) is 19.4. The molecule has 0 aromatic heterocycles. The van der Waals surface area contributed by atoms with Gasteiger partial charge in [-0.05, 0) is 38.9 Å². The number of nitrogens with zero attached hydrogens (tertiary/aromatic N) is 2. The molecule has 2 aliphatic heterocycles. The lowest BCUT2D eigenvalue weighted by Crippen LogP contribution is -2.57. The van der Waals surface area contributed by atoms with E-state index in [0.29, 0.717) is 0 Å². The second-order valence-electron chi connectivity index (χ2n) is 7.88. The zero-order valence-corrected chi connectivity index (χ0v) is 20.2. The van der Waals surface area contributed by atoms with Crippen LogP contribution in [0, 0.1) is 0 Å². The highest BCUT2D eigenvalue weighted by Gasteiger charge is 2.48. The summed E-state index contributed by atoms with van der Waals surface area (Å²) in [6, 6.07) is 0. The number of unbranched alkanes of at least 4 members (excludes halogenated alkanes) is 3. The minimum Gasteiger partial charge on any atom is -0.477 e. The number of hydrogen-bond donors (Lipinski definition) is 3. The Morgan fingerprint density at radius 3 is 1.97 bits per heavy atom. The molecule has 2 atom stereocenters. The summed E-state index contributed by atoms with van der Waals surface area (Å²) >= 11 is 1.26. The molecule has 0 bridgehead atoms. The monoisotopic (exact) mass is 457 g/mol. The summed E-state index contributed by atoms with van der Waals surface area (Å²) in [5.41, 5.74) is -0.0664. The van der Waals surface area contributed by atoms with Gasteiger partial charge in [0.1, 0.15) is 11.1 Å². The number of hydrogen-bond acceptors (Lipinski definition) is 6. The van der Waals surface area contributed by atoms with Gasteiger partial charge >= 0.3 is 5.97 Å². The van der Waals surface area contributed by atoms with Gasteiger partial charge in [-0.3, -0.25) is 14.5 Å². The van der Waals surface area contributed by atoms with Gasteiger partial charge in [0.25, 0.3) is 0 Å². The van der Waals surface area contributed by atoms with Gasteiger partial charge < -0.3 is 20.4 Å². The highest BCUT2D eigenvalue weighted by atomic mass is 32.2. The Labute approximate surface area is 190 Å². The Morgan fingerprint density at radius 2 is 1.61 bits per heavy atom. The molecule has 2 rings (SSSR count). The first-order chi connectivity index (χ1) is 14.8. The molecule has 8 nitrogen and oxygen atoms in total. The van der Waals surface area contributed by atoms with Gasteiger partial charge in [-0.1, -0.05) is 40.0 Å². The molecule has 1 fully saturated rings. The van der Waals surface area contributed by atoms with E-state index < -0.39 is 18.0 Å². The van der Waals surface area contributed by atoms with E-state index in [1.165, 1.54) is 76.8 Å². The summed E-state index contributed by atoms with van der Waals surface area (Å²) in [4.78, 5) is 37.5. The maximum absolute atomic E-state index is 11.4. The molecule has 3 N–H and O–H groups in total. The first kappa shape index (κ1) is 27.5. The van der Waals surface area contributed by atoms with E-state index in [4.69, 9.17) is 5.11 Å². The van der Waals surface area contributed by atoms with Crippen LogP contribution in [0.3, 0.4) is 0 Å². The van der Waals surface area contributed by atoms with Gasteiger partial charge in [-0.25, -0.2) is 4.79 Å². The Morgan fingerprint density at radius 1 is 1.10 bits per heavy atom. The maximum Gasteiger partial charge on any atom is 0.352 e. The van der Waals surface area contributed by atoms with E-state index in [0.717, 1.165) is 4.90 Å². The molecule has 0 aromatic carbocycles. The molecule has 31 heavy (non-hydrogen) atoms. The summed E-state index contributed by atoms with van der Waals surface area (Å²) in [5, 5.41) is 20.1. The van der Waals surface area contributed by atoms with Crippen LogP contribution in [0.15, 0.2) is 11.3 Å². The summed E-state index contributed by atoms with van der Waals surface area (Å²) in [6.07, 6.45) is 8.34. The average molecular weight is 458 g/mol. The van der Waals surface area contributed by atoms with Crippen LogP contribution in [0.1, 0.15) is 72.6 Å². The van der Waals surface area contributed by atoms with Gasteiger partial charge in [0, 0.05) is 12.5 Å². The number of amides is 2. The van der Waals surface area contributed by atoms with E-state index in [1.807, 2.05) is 0 Å². The molecule has 2 heterocycles. The standard InChI is InChI=1S/C12H27N.C10H12N2O5S/c1-4-7-10-13(11-8-5-2)12-9-6-3;1-4(14)11-9-5(3-13)8(10(16)17)12-6(15)2-7(12)18-9/h4-12H2,1-3H3;7,9,13H,2-3H2,1H3,(H,11,14)(H,16,17)/t;7-,9?/m.1/s1. The van der Waals surface area contributed by atoms with E-state index in [1.54, 1.807) is 0 Å². The summed E-state index contributed by atoms with van der Waals surface area (Å²) in [7, 11) is 0. The quantitative estimate of drug-likeness (QED) is 0.387. The topological polar surface area (TPSA) is 110 Å². The number of thioether (sulfide) groups is 1. The second-order valence-corrected chi connectivity index (χ2v) is 9.17. The minimum atomic E-state index is -1.27. The predicted octanol–water partition coefficient (Wildman–Crippen LogP) is 2.77. The fourth-order valence-electron chi connectivity index (χ4n) is 3.47. The van der Waals surface area contributed by atoms with Crippen molar-refractivity contribution in [3.05, 3.63) is 11.3 Å². The lowest BCUT2D eigenvalue weighted by molar-refractivity contribution is -0.146.